The first-order valence-electron chi connectivity index (χ1n) is 4.48. The Labute approximate surface area is 99.2 Å². The van der Waals surface area contributed by atoms with Crippen molar-refractivity contribution < 1.29 is 9.13 Å². The molecule has 5 heteroatoms. The van der Waals surface area contributed by atoms with Crippen molar-refractivity contribution in [3.63, 3.8) is 0 Å². The second kappa shape index (κ2) is 4.06. The number of fused-ring (bicyclic) bond motifs is 1. The van der Waals surface area contributed by atoms with Gasteiger partial charge in [0.25, 0.3) is 0 Å². The van der Waals surface area contributed by atoms with Gasteiger partial charge >= 0.3 is 0 Å². The fraction of sp³-hybridized carbons (Fsp3) is 0.300. The van der Waals surface area contributed by atoms with Crippen LogP contribution in [-0.2, 0) is 0 Å². The Hall–Kier alpha value is -0.680. The van der Waals surface area contributed by atoms with Gasteiger partial charge in [-0.05, 0) is 29.8 Å². The maximum absolute atomic E-state index is 13.5. The van der Waals surface area contributed by atoms with Crippen LogP contribution in [0.25, 0.3) is 10.2 Å². The minimum atomic E-state index is -0.367. The van der Waals surface area contributed by atoms with Crippen LogP contribution in [0.2, 0.25) is 0 Å². The maximum atomic E-state index is 13.5. The van der Waals surface area contributed by atoms with E-state index in [1.165, 1.54) is 17.4 Å². The Morgan fingerprint density at radius 3 is 2.87 bits per heavy atom. The highest BCUT2D eigenvalue weighted by molar-refractivity contribution is 9.11. The van der Waals surface area contributed by atoms with E-state index in [4.69, 9.17) is 4.74 Å². The molecule has 0 aliphatic carbocycles. The fourth-order valence-electron chi connectivity index (χ4n) is 1.25. The normalized spacial score (nSPS) is 11.3. The molecule has 80 valence electrons. The number of benzene rings is 1. The highest BCUT2D eigenvalue weighted by Gasteiger charge is 2.10. The topological polar surface area (TPSA) is 22.1 Å². The van der Waals surface area contributed by atoms with Crippen LogP contribution in [0.1, 0.15) is 13.8 Å². The van der Waals surface area contributed by atoms with E-state index in [2.05, 4.69) is 20.9 Å². The van der Waals surface area contributed by atoms with E-state index in [0.717, 1.165) is 8.62 Å². The first-order valence-corrected chi connectivity index (χ1v) is 6.09. The Balaban J connectivity index is 2.51. The van der Waals surface area contributed by atoms with E-state index in [1.54, 1.807) is 6.07 Å². The number of hydrogen-bond donors (Lipinski definition) is 0. The van der Waals surface area contributed by atoms with Crippen LogP contribution in [0.5, 0.6) is 5.75 Å². The lowest BCUT2D eigenvalue weighted by Crippen LogP contribution is -2.06. The molecule has 2 rings (SSSR count). The largest absolute Gasteiger partial charge is 0.488 e. The number of thiazole rings is 1. The molecule has 2 aromatic rings. The summed E-state index contributed by atoms with van der Waals surface area (Å²) < 4.78 is 20.5. The van der Waals surface area contributed by atoms with Gasteiger partial charge in [-0.25, -0.2) is 9.37 Å². The van der Waals surface area contributed by atoms with Crippen molar-refractivity contribution in [3.8, 4) is 5.75 Å². The standard InChI is InChI=1S/C10H9BrFNOS/c1-5(2)14-8-4-9-7(3-6(8)12)13-10(11)15-9/h3-5H,1-2H3. The minimum absolute atomic E-state index is 0.0340. The molecule has 1 heterocycles. The summed E-state index contributed by atoms with van der Waals surface area (Å²) in [6.07, 6.45) is -0.0340. The number of halogens is 2. The Morgan fingerprint density at radius 1 is 1.47 bits per heavy atom. The molecule has 0 radical (unpaired) electrons. The van der Waals surface area contributed by atoms with Crippen LogP contribution in [0.3, 0.4) is 0 Å². The maximum Gasteiger partial charge on any atom is 0.167 e. The summed E-state index contributed by atoms with van der Waals surface area (Å²) in [6.45, 7) is 3.73. The monoisotopic (exact) mass is 289 g/mol. The summed E-state index contributed by atoms with van der Waals surface area (Å²) in [7, 11) is 0. The van der Waals surface area contributed by atoms with Gasteiger partial charge in [0.15, 0.2) is 15.5 Å². The van der Waals surface area contributed by atoms with E-state index in [1.807, 2.05) is 13.8 Å². The summed E-state index contributed by atoms with van der Waals surface area (Å²) in [4.78, 5) is 4.13. The van der Waals surface area contributed by atoms with E-state index >= 15 is 0 Å². The third-order valence-corrected chi connectivity index (χ3v) is 3.25. The average Bonchev–Trinajstić information content (AvgIpc) is 2.44. The molecule has 0 bridgehead atoms. The van der Waals surface area contributed by atoms with Gasteiger partial charge in [0, 0.05) is 12.1 Å². The van der Waals surface area contributed by atoms with E-state index in [9.17, 15) is 4.39 Å². The van der Waals surface area contributed by atoms with Crippen LogP contribution >= 0.6 is 27.3 Å². The molecule has 0 unspecified atom stereocenters. The number of rotatable bonds is 2. The zero-order chi connectivity index (χ0) is 11.0. The third kappa shape index (κ3) is 2.29. The number of aromatic nitrogens is 1. The fourth-order valence-corrected chi connectivity index (χ4v) is 2.66. The van der Waals surface area contributed by atoms with Gasteiger partial charge in [0.05, 0.1) is 16.3 Å². The lowest BCUT2D eigenvalue weighted by molar-refractivity contribution is 0.231. The predicted molar refractivity (Wildman–Crippen MR) is 63.0 cm³/mol. The van der Waals surface area contributed by atoms with E-state index in [0.29, 0.717) is 5.52 Å². The quantitative estimate of drug-likeness (QED) is 0.834. The summed E-state index contributed by atoms with van der Waals surface area (Å²) in [5.41, 5.74) is 0.653. The van der Waals surface area contributed by atoms with Crippen molar-refractivity contribution in [1.82, 2.24) is 4.98 Å². The Morgan fingerprint density at radius 2 is 2.20 bits per heavy atom. The van der Waals surface area contributed by atoms with Crippen LogP contribution in [0, 0.1) is 5.82 Å². The highest BCUT2D eigenvalue weighted by Crippen LogP contribution is 2.31. The summed E-state index contributed by atoms with van der Waals surface area (Å²) in [5.74, 6) is -0.0809. The van der Waals surface area contributed by atoms with Crippen molar-refractivity contribution in [2.45, 2.75) is 20.0 Å². The van der Waals surface area contributed by atoms with Crippen LogP contribution in [0.15, 0.2) is 16.0 Å². The van der Waals surface area contributed by atoms with Crippen molar-refractivity contribution in [3.05, 3.63) is 21.9 Å². The Kier molecular flexibility index (Phi) is 2.93. The molecule has 0 N–H and O–H groups in total. The number of nitrogens with zero attached hydrogens (tertiary/aromatic N) is 1. The average molecular weight is 290 g/mol. The van der Waals surface area contributed by atoms with Crippen LogP contribution in [0.4, 0.5) is 4.39 Å². The molecule has 0 atom stereocenters. The van der Waals surface area contributed by atoms with E-state index < -0.39 is 0 Å². The molecule has 2 nitrogen and oxygen atoms in total. The van der Waals surface area contributed by atoms with E-state index in [-0.39, 0.29) is 17.7 Å². The number of hydrogen-bond acceptors (Lipinski definition) is 3. The number of ether oxygens (including phenoxy) is 1. The van der Waals surface area contributed by atoms with Crippen LogP contribution < -0.4 is 4.74 Å². The van der Waals surface area contributed by atoms with Crippen LogP contribution in [-0.4, -0.2) is 11.1 Å². The zero-order valence-electron chi connectivity index (χ0n) is 8.25. The van der Waals surface area contributed by atoms with Gasteiger partial charge in [-0.3, -0.25) is 0 Å². The highest BCUT2D eigenvalue weighted by atomic mass is 79.9. The first kappa shape index (κ1) is 10.8. The summed E-state index contributed by atoms with van der Waals surface area (Å²) in [6, 6.07) is 3.08. The third-order valence-electron chi connectivity index (χ3n) is 1.78. The lowest BCUT2D eigenvalue weighted by Gasteiger charge is -2.09. The van der Waals surface area contributed by atoms with Gasteiger partial charge in [0.1, 0.15) is 0 Å². The summed E-state index contributed by atoms with van der Waals surface area (Å²) in [5, 5.41) is 0. The smallest absolute Gasteiger partial charge is 0.167 e. The van der Waals surface area contributed by atoms with Gasteiger partial charge in [-0.2, -0.15) is 0 Å². The molecule has 1 aromatic heterocycles. The van der Waals surface area contributed by atoms with Crippen molar-refractivity contribution in [2.75, 3.05) is 0 Å². The van der Waals surface area contributed by atoms with Crippen molar-refractivity contribution in [2.24, 2.45) is 0 Å². The van der Waals surface area contributed by atoms with Crippen molar-refractivity contribution in [1.29, 1.82) is 0 Å². The Bertz CT molecular complexity index is 497. The molecule has 0 saturated heterocycles. The molecular formula is C10H9BrFNOS. The molecule has 0 spiro atoms. The molecule has 0 saturated carbocycles. The minimum Gasteiger partial charge on any atom is -0.488 e. The SMILES string of the molecule is CC(C)Oc1cc2sc(Br)nc2cc1F. The molecule has 1 aromatic carbocycles. The molecule has 0 amide bonds. The molecular weight excluding hydrogens is 281 g/mol. The second-order valence-corrected chi connectivity index (χ2v) is 5.69. The lowest BCUT2D eigenvalue weighted by atomic mass is 10.3. The van der Waals surface area contributed by atoms with Gasteiger partial charge in [-0.1, -0.05) is 0 Å². The molecule has 0 aliphatic rings. The molecule has 0 fully saturated rings. The first-order chi connectivity index (χ1) is 7.06. The zero-order valence-corrected chi connectivity index (χ0v) is 10.7. The second-order valence-electron chi connectivity index (χ2n) is 3.38. The van der Waals surface area contributed by atoms with Gasteiger partial charge < -0.3 is 4.74 Å². The van der Waals surface area contributed by atoms with Crippen molar-refractivity contribution >= 4 is 37.5 Å². The molecule has 15 heavy (non-hydrogen) atoms. The predicted octanol–water partition coefficient (Wildman–Crippen LogP) is 3.99. The van der Waals surface area contributed by atoms with Gasteiger partial charge in [0.2, 0.25) is 0 Å². The molecule has 0 aliphatic heterocycles. The summed E-state index contributed by atoms with van der Waals surface area (Å²) >= 11 is 4.73. The van der Waals surface area contributed by atoms with Gasteiger partial charge in [-0.15, -0.1) is 11.3 Å².